The number of nitrogens with zero attached hydrogens (tertiary/aromatic N) is 1. The number of aromatic nitrogens is 1. The van der Waals surface area contributed by atoms with E-state index >= 15 is 0 Å². The highest BCUT2D eigenvalue weighted by Gasteiger charge is 2.23. The first-order valence-corrected chi connectivity index (χ1v) is 6.25. The van der Waals surface area contributed by atoms with Gasteiger partial charge in [-0.2, -0.15) is 0 Å². The van der Waals surface area contributed by atoms with E-state index in [1.165, 1.54) is 12.8 Å². The second-order valence-corrected chi connectivity index (χ2v) is 5.11. The van der Waals surface area contributed by atoms with Crippen LogP contribution in [-0.4, -0.2) is 4.98 Å². The third kappa shape index (κ3) is 1.70. The van der Waals surface area contributed by atoms with Crippen LogP contribution < -0.4 is 0 Å². The highest BCUT2D eigenvalue weighted by atomic mass is 35.5. The maximum atomic E-state index is 6.08. The molecule has 1 aliphatic rings. The predicted octanol–water partition coefficient (Wildman–Crippen LogP) is 4.79. The lowest BCUT2D eigenvalue weighted by molar-refractivity contribution is 0.474. The van der Waals surface area contributed by atoms with Crippen molar-refractivity contribution >= 4 is 34.3 Å². The van der Waals surface area contributed by atoms with Crippen LogP contribution in [-0.2, 0) is 0 Å². The van der Waals surface area contributed by atoms with E-state index < -0.39 is 0 Å². The molecule has 3 rings (SSSR count). The number of hydrogen-bond donors (Lipinski definition) is 0. The Bertz CT molecular complexity index is 529. The van der Waals surface area contributed by atoms with Crippen molar-refractivity contribution in [2.24, 2.45) is 0 Å². The number of fused-ring (bicyclic) bond motifs is 1. The van der Waals surface area contributed by atoms with E-state index in [1.807, 2.05) is 0 Å². The molecule has 2 aromatic rings. The Morgan fingerprint density at radius 3 is 2.69 bits per heavy atom. The van der Waals surface area contributed by atoms with Crippen LogP contribution in [0.1, 0.15) is 37.5 Å². The molecule has 0 unspecified atom stereocenters. The molecular formula is C12H11Cl2NO. The van der Waals surface area contributed by atoms with Crippen molar-refractivity contribution in [2.45, 2.75) is 31.6 Å². The van der Waals surface area contributed by atoms with Gasteiger partial charge < -0.3 is 4.42 Å². The molecule has 0 saturated heterocycles. The Balaban J connectivity index is 2.11. The molecule has 0 bridgehead atoms. The summed E-state index contributed by atoms with van der Waals surface area (Å²) < 4.78 is 5.73. The maximum absolute atomic E-state index is 6.08. The first-order chi connectivity index (χ1) is 7.74. The molecule has 0 aliphatic heterocycles. The van der Waals surface area contributed by atoms with E-state index in [4.69, 9.17) is 27.6 Å². The molecule has 0 atom stereocenters. The van der Waals surface area contributed by atoms with Gasteiger partial charge in [-0.3, -0.25) is 0 Å². The van der Waals surface area contributed by atoms with Crippen molar-refractivity contribution in [1.29, 1.82) is 0 Å². The van der Waals surface area contributed by atoms with E-state index in [2.05, 4.69) is 4.98 Å². The van der Waals surface area contributed by atoms with Gasteiger partial charge in [-0.25, -0.2) is 4.98 Å². The molecule has 1 aliphatic carbocycles. The minimum Gasteiger partial charge on any atom is -0.440 e. The van der Waals surface area contributed by atoms with Crippen LogP contribution in [0.3, 0.4) is 0 Å². The van der Waals surface area contributed by atoms with Crippen molar-refractivity contribution in [2.75, 3.05) is 0 Å². The lowest BCUT2D eigenvalue weighted by Crippen LogP contribution is -1.90. The largest absolute Gasteiger partial charge is 0.440 e. The smallest absolute Gasteiger partial charge is 0.198 e. The van der Waals surface area contributed by atoms with Crippen LogP contribution in [0.15, 0.2) is 16.5 Å². The summed E-state index contributed by atoms with van der Waals surface area (Å²) in [7, 11) is 0. The van der Waals surface area contributed by atoms with Crippen LogP contribution in [0.25, 0.3) is 11.1 Å². The molecule has 0 N–H and O–H groups in total. The van der Waals surface area contributed by atoms with Crippen LogP contribution in [0.2, 0.25) is 10.0 Å². The monoisotopic (exact) mass is 255 g/mol. The van der Waals surface area contributed by atoms with Crippen LogP contribution >= 0.6 is 23.2 Å². The molecule has 4 heteroatoms. The van der Waals surface area contributed by atoms with Crippen LogP contribution in [0, 0.1) is 0 Å². The third-order valence-electron chi connectivity index (χ3n) is 3.13. The SMILES string of the molecule is Clc1cc(Cl)c2nc(C3CCCC3)oc2c1. The Kier molecular flexibility index (Phi) is 2.56. The van der Waals surface area contributed by atoms with E-state index in [0.717, 1.165) is 24.2 Å². The zero-order valence-corrected chi connectivity index (χ0v) is 10.2. The average Bonchev–Trinajstić information content (AvgIpc) is 2.82. The topological polar surface area (TPSA) is 26.0 Å². The predicted molar refractivity (Wildman–Crippen MR) is 65.2 cm³/mol. The molecule has 1 saturated carbocycles. The highest BCUT2D eigenvalue weighted by molar-refractivity contribution is 6.38. The lowest BCUT2D eigenvalue weighted by Gasteiger charge is -2.00. The lowest BCUT2D eigenvalue weighted by atomic mass is 10.1. The normalized spacial score (nSPS) is 17.4. The van der Waals surface area contributed by atoms with Crippen LogP contribution in [0.4, 0.5) is 0 Å². The molecule has 1 aromatic heterocycles. The van der Waals surface area contributed by atoms with E-state index in [9.17, 15) is 0 Å². The zero-order valence-electron chi connectivity index (χ0n) is 8.67. The van der Waals surface area contributed by atoms with Gasteiger partial charge in [0.15, 0.2) is 11.5 Å². The Hall–Kier alpha value is -0.730. The summed E-state index contributed by atoms with van der Waals surface area (Å²) in [5.74, 6) is 1.28. The van der Waals surface area contributed by atoms with Crippen molar-refractivity contribution in [3.8, 4) is 0 Å². The number of oxazole rings is 1. The van der Waals surface area contributed by atoms with Gasteiger partial charge in [0, 0.05) is 17.0 Å². The second-order valence-electron chi connectivity index (χ2n) is 4.27. The summed E-state index contributed by atoms with van der Waals surface area (Å²) in [6, 6.07) is 3.47. The molecule has 0 spiro atoms. The first-order valence-electron chi connectivity index (χ1n) is 5.49. The Labute approximate surface area is 104 Å². The molecule has 1 heterocycles. The van der Waals surface area contributed by atoms with Crippen molar-refractivity contribution in [1.82, 2.24) is 4.98 Å². The Morgan fingerprint density at radius 1 is 1.19 bits per heavy atom. The first kappa shape index (κ1) is 10.4. The summed E-state index contributed by atoms with van der Waals surface area (Å²) in [5, 5.41) is 1.15. The van der Waals surface area contributed by atoms with Gasteiger partial charge in [0.2, 0.25) is 0 Å². The maximum Gasteiger partial charge on any atom is 0.198 e. The van der Waals surface area contributed by atoms with E-state index in [0.29, 0.717) is 21.5 Å². The average molecular weight is 256 g/mol. The van der Waals surface area contributed by atoms with Gasteiger partial charge in [-0.15, -0.1) is 0 Å². The Morgan fingerprint density at radius 2 is 1.94 bits per heavy atom. The van der Waals surface area contributed by atoms with Crippen molar-refractivity contribution in [3.63, 3.8) is 0 Å². The van der Waals surface area contributed by atoms with Gasteiger partial charge in [0.25, 0.3) is 0 Å². The minimum absolute atomic E-state index is 0.460. The molecule has 2 nitrogen and oxygen atoms in total. The summed E-state index contributed by atoms with van der Waals surface area (Å²) in [5.41, 5.74) is 1.42. The molecule has 0 radical (unpaired) electrons. The number of rotatable bonds is 1. The number of hydrogen-bond acceptors (Lipinski definition) is 2. The van der Waals surface area contributed by atoms with Crippen molar-refractivity contribution < 1.29 is 4.42 Å². The molecule has 84 valence electrons. The quantitative estimate of drug-likeness (QED) is 0.732. The molecule has 0 amide bonds. The summed E-state index contributed by atoms with van der Waals surface area (Å²) in [6.45, 7) is 0. The van der Waals surface area contributed by atoms with Gasteiger partial charge in [0.1, 0.15) is 5.52 Å². The van der Waals surface area contributed by atoms with Gasteiger partial charge in [-0.05, 0) is 18.9 Å². The summed E-state index contributed by atoms with van der Waals surface area (Å²) in [4.78, 5) is 4.48. The second kappa shape index (κ2) is 3.94. The number of halogens is 2. The zero-order chi connectivity index (χ0) is 11.1. The van der Waals surface area contributed by atoms with Gasteiger partial charge in [0.05, 0.1) is 5.02 Å². The number of benzene rings is 1. The van der Waals surface area contributed by atoms with E-state index in [1.54, 1.807) is 12.1 Å². The molecular weight excluding hydrogens is 245 g/mol. The van der Waals surface area contributed by atoms with Gasteiger partial charge in [-0.1, -0.05) is 36.0 Å². The molecule has 1 aromatic carbocycles. The molecule has 16 heavy (non-hydrogen) atoms. The van der Waals surface area contributed by atoms with Gasteiger partial charge >= 0.3 is 0 Å². The fraction of sp³-hybridized carbons (Fsp3) is 0.417. The fourth-order valence-corrected chi connectivity index (χ4v) is 2.84. The third-order valence-corrected chi connectivity index (χ3v) is 3.64. The highest BCUT2D eigenvalue weighted by Crippen LogP contribution is 2.37. The van der Waals surface area contributed by atoms with E-state index in [-0.39, 0.29) is 0 Å². The fourth-order valence-electron chi connectivity index (χ4n) is 2.32. The minimum atomic E-state index is 0.460. The van der Waals surface area contributed by atoms with Crippen molar-refractivity contribution in [3.05, 3.63) is 28.1 Å². The van der Waals surface area contributed by atoms with Crippen LogP contribution in [0.5, 0.6) is 0 Å². The summed E-state index contributed by atoms with van der Waals surface area (Å²) in [6.07, 6.45) is 4.85. The summed E-state index contributed by atoms with van der Waals surface area (Å²) >= 11 is 12.0. The molecule has 1 fully saturated rings. The standard InChI is InChI=1S/C12H11Cl2NO/c13-8-5-9(14)11-10(6-8)16-12(15-11)7-3-1-2-4-7/h5-7H,1-4H2.